The second kappa shape index (κ2) is 13.2. The fourth-order valence-electron chi connectivity index (χ4n) is 3.36. The zero-order valence-electron chi connectivity index (χ0n) is 20.4. The van der Waals surface area contributed by atoms with Crippen LogP contribution in [0, 0.1) is 0 Å². The summed E-state index contributed by atoms with van der Waals surface area (Å²) in [6, 6.07) is 11.3. The molecule has 0 saturated heterocycles. The van der Waals surface area contributed by atoms with Crippen molar-refractivity contribution in [3.63, 3.8) is 0 Å². The Labute approximate surface area is 202 Å². The summed E-state index contributed by atoms with van der Waals surface area (Å²) in [5.41, 5.74) is 1.37. The van der Waals surface area contributed by atoms with E-state index in [0.717, 1.165) is 18.8 Å². The molecule has 0 atom stereocenters. The van der Waals surface area contributed by atoms with Crippen LogP contribution in [0.15, 0.2) is 47.4 Å². The largest absolute Gasteiger partial charge is 0.497 e. The second-order valence-electron chi connectivity index (χ2n) is 7.42. The standard InChI is InChI=1S/C24H34N2O7S/c1-6-25(7-2)20-9-8-19(17-26(14-15-30-3)24(27)18-31-4)23(16-20)33-34(28,29)22-12-10-21(32-5)11-13-22/h8-13,16H,6-7,14-15,17-18H2,1-5H3. The van der Waals surface area contributed by atoms with Crippen molar-refractivity contribution >= 4 is 21.7 Å². The number of nitrogens with zero attached hydrogens (tertiary/aromatic N) is 2. The molecule has 0 bridgehead atoms. The summed E-state index contributed by atoms with van der Waals surface area (Å²) in [5.74, 6) is 0.456. The third kappa shape index (κ3) is 7.34. The lowest BCUT2D eigenvalue weighted by molar-refractivity contribution is -0.136. The van der Waals surface area contributed by atoms with E-state index < -0.39 is 10.1 Å². The Morgan fingerprint density at radius 3 is 2.18 bits per heavy atom. The summed E-state index contributed by atoms with van der Waals surface area (Å²) in [6.07, 6.45) is 0. The predicted octanol–water partition coefficient (Wildman–Crippen LogP) is 2.93. The quantitative estimate of drug-likeness (QED) is 0.370. The van der Waals surface area contributed by atoms with Gasteiger partial charge >= 0.3 is 10.1 Å². The van der Waals surface area contributed by atoms with Crippen molar-refractivity contribution in [3.05, 3.63) is 48.0 Å². The Morgan fingerprint density at radius 1 is 0.941 bits per heavy atom. The normalized spacial score (nSPS) is 11.2. The number of carbonyl (C=O) groups excluding carboxylic acids is 1. The van der Waals surface area contributed by atoms with Gasteiger partial charge < -0.3 is 28.2 Å². The number of amides is 1. The summed E-state index contributed by atoms with van der Waals surface area (Å²) in [7, 11) is 0.373. The molecule has 0 aliphatic rings. The van der Waals surface area contributed by atoms with Gasteiger partial charge in [-0.15, -0.1) is 0 Å². The van der Waals surface area contributed by atoms with Crippen molar-refractivity contribution in [2.45, 2.75) is 25.3 Å². The molecule has 9 nitrogen and oxygen atoms in total. The molecule has 0 aliphatic carbocycles. The topological polar surface area (TPSA) is 94.6 Å². The molecule has 0 heterocycles. The van der Waals surface area contributed by atoms with Gasteiger partial charge in [0.15, 0.2) is 0 Å². The molecule has 0 spiro atoms. The first-order chi connectivity index (χ1) is 16.3. The van der Waals surface area contributed by atoms with Gasteiger partial charge in [0.2, 0.25) is 5.91 Å². The zero-order chi connectivity index (χ0) is 25.1. The highest BCUT2D eigenvalue weighted by molar-refractivity contribution is 7.87. The number of hydrogen-bond donors (Lipinski definition) is 0. The van der Waals surface area contributed by atoms with Gasteiger partial charge in [0.1, 0.15) is 23.0 Å². The van der Waals surface area contributed by atoms with Crippen LogP contribution in [0.5, 0.6) is 11.5 Å². The van der Waals surface area contributed by atoms with Crippen LogP contribution in [0.1, 0.15) is 19.4 Å². The van der Waals surface area contributed by atoms with Crippen molar-refractivity contribution < 1.29 is 31.6 Å². The first kappa shape index (κ1) is 27.4. The summed E-state index contributed by atoms with van der Waals surface area (Å²) in [6.45, 7) is 6.21. The van der Waals surface area contributed by atoms with E-state index in [1.807, 2.05) is 19.9 Å². The van der Waals surface area contributed by atoms with E-state index in [1.165, 1.54) is 26.4 Å². The third-order valence-electron chi connectivity index (χ3n) is 5.27. The molecule has 2 rings (SSSR count). The minimum atomic E-state index is -4.13. The van der Waals surface area contributed by atoms with Gasteiger partial charge in [-0.3, -0.25) is 4.79 Å². The number of anilines is 1. The molecule has 2 aromatic carbocycles. The lowest BCUT2D eigenvalue weighted by Gasteiger charge is -2.25. The minimum absolute atomic E-state index is 0.000749. The van der Waals surface area contributed by atoms with Gasteiger partial charge in [0.05, 0.1) is 13.7 Å². The SMILES string of the molecule is CCN(CC)c1ccc(CN(CCOC)C(=O)COC)c(OS(=O)(=O)c2ccc(OC)cc2)c1. The first-order valence-electron chi connectivity index (χ1n) is 11.0. The Morgan fingerprint density at radius 2 is 1.62 bits per heavy atom. The van der Waals surface area contributed by atoms with Gasteiger partial charge in [-0.2, -0.15) is 8.42 Å². The number of carbonyl (C=O) groups is 1. The van der Waals surface area contributed by atoms with E-state index in [1.54, 1.807) is 36.3 Å². The summed E-state index contributed by atoms with van der Waals surface area (Å²) in [5, 5.41) is 0. The van der Waals surface area contributed by atoms with Crippen LogP contribution in [-0.2, 0) is 30.9 Å². The number of benzene rings is 2. The van der Waals surface area contributed by atoms with Crippen LogP contribution < -0.4 is 13.8 Å². The van der Waals surface area contributed by atoms with Crippen molar-refractivity contribution in [1.29, 1.82) is 0 Å². The number of ether oxygens (including phenoxy) is 3. The number of hydrogen-bond acceptors (Lipinski definition) is 8. The van der Waals surface area contributed by atoms with Gasteiger partial charge in [0, 0.05) is 57.7 Å². The highest BCUT2D eigenvalue weighted by Crippen LogP contribution is 2.30. The maximum Gasteiger partial charge on any atom is 0.339 e. The molecule has 188 valence electrons. The Balaban J connectivity index is 2.46. The minimum Gasteiger partial charge on any atom is -0.497 e. The van der Waals surface area contributed by atoms with Crippen LogP contribution in [-0.4, -0.2) is 73.4 Å². The molecule has 10 heteroatoms. The Kier molecular flexibility index (Phi) is 10.6. The monoisotopic (exact) mass is 494 g/mol. The third-order valence-corrected chi connectivity index (χ3v) is 6.52. The number of methoxy groups -OCH3 is 3. The van der Waals surface area contributed by atoms with E-state index in [0.29, 0.717) is 24.5 Å². The van der Waals surface area contributed by atoms with Crippen molar-refractivity contribution in [2.24, 2.45) is 0 Å². The molecule has 0 aliphatic heterocycles. The smallest absolute Gasteiger partial charge is 0.339 e. The first-order valence-corrected chi connectivity index (χ1v) is 12.4. The second-order valence-corrected chi connectivity index (χ2v) is 8.96. The molecular formula is C24H34N2O7S. The highest BCUT2D eigenvalue weighted by Gasteiger charge is 2.22. The Bertz CT molecular complexity index is 1020. The maximum atomic E-state index is 13.1. The molecule has 0 unspecified atom stereocenters. The van der Waals surface area contributed by atoms with Crippen LogP contribution in [0.4, 0.5) is 5.69 Å². The maximum absolute atomic E-state index is 13.1. The van der Waals surface area contributed by atoms with E-state index in [2.05, 4.69) is 4.90 Å². The van der Waals surface area contributed by atoms with Gasteiger partial charge in [0.25, 0.3) is 0 Å². The van der Waals surface area contributed by atoms with Gasteiger partial charge in [-0.25, -0.2) is 0 Å². The van der Waals surface area contributed by atoms with Crippen LogP contribution in [0.2, 0.25) is 0 Å². The van der Waals surface area contributed by atoms with Crippen LogP contribution in [0.3, 0.4) is 0 Å². The average molecular weight is 495 g/mol. The summed E-state index contributed by atoms with van der Waals surface area (Å²) in [4.78, 5) is 16.2. The van der Waals surface area contributed by atoms with E-state index >= 15 is 0 Å². The zero-order valence-corrected chi connectivity index (χ0v) is 21.3. The van der Waals surface area contributed by atoms with Crippen LogP contribution >= 0.6 is 0 Å². The highest BCUT2D eigenvalue weighted by atomic mass is 32.2. The lowest BCUT2D eigenvalue weighted by atomic mass is 10.1. The van der Waals surface area contributed by atoms with E-state index in [4.69, 9.17) is 18.4 Å². The number of rotatable bonds is 14. The molecule has 0 aromatic heterocycles. The Hall–Kier alpha value is -2.82. The molecular weight excluding hydrogens is 460 g/mol. The van der Waals surface area contributed by atoms with Crippen molar-refractivity contribution in [2.75, 3.05) is 59.1 Å². The average Bonchev–Trinajstić information content (AvgIpc) is 2.83. The molecule has 0 radical (unpaired) electrons. The molecule has 1 amide bonds. The fraction of sp³-hybridized carbons (Fsp3) is 0.458. The van der Waals surface area contributed by atoms with Crippen molar-refractivity contribution in [3.8, 4) is 11.5 Å². The van der Waals surface area contributed by atoms with Gasteiger partial charge in [-0.05, 0) is 44.2 Å². The molecule has 34 heavy (non-hydrogen) atoms. The van der Waals surface area contributed by atoms with E-state index in [-0.39, 0.29) is 29.7 Å². The van der Waals surface area contributed by atoms with E-state index in [9.17, 15) is 13.2 Å². The van der Waals surface area contributed by atoms with Gasteiger partial charge in [-0.1, -0.05) is 6.07 Å². The fourth-order valence-corrected chi connectivity index (χ4v) is 4.32. The lowest BCUT2D eigenvalue weighted by Crippen LogP contribution is -2.36. The summed E-state index contributed by atoms with van der Waals surface area (Å²) < 4.78 is 47.0. The predicted molar refractivity (Wildman–Crippen MR) is 130 cm³/mol. The molecule has 0 N–H and O–H groups in total. The molecule has 0 saturated carbocycles. The molecule has 2 aromatic rings. The van der Waals surface area contributed by atoms with Crippen molar-refractivity contribution in [1.82, 2.24) is 4.90 Å². The summed E-state index contributed by atoms with van der Waals surface area (Å²) >= 11 is 0. The molecule has 0 fully saturated rings. The van der Waals surface area contributed by atoms with Crippen LogP contribution in [0.25, 0.3) is 0 Å².